The fraction of sp³-hybridized carbons (Fsp3) is 0.667. The van der Waals surface area contributed by atoms with Crippen molar-refractivity contribution in [2.45, 2.75) is 53.2 Å². The quantitative estimate of drug-likeness (QED) is 0.207. The molecule has 1 aliphatic rings. The van der Waals surface area contributed by atoms with Gasteiger partial charge in [0.25, 0.3) is 0 Å². The highest BCUT2D eigenvalue weighted by atomic mass is 31.2. The van der Waals surface area contributed by atoms with Crippen LogP contribution in [0.25, 0.3) is 0 Å². The molecule has 1 aromatic carbocycles. The van der Waals surface area contributed by atoms with Crippen LogP contribution in [0.3, 0.4) is 0 Å². The number of hydrogen-bond donors (Lipinski definition) is 1. The molecule has 0 spiro atoms. The predicted molar refractivity (Wildman–Crippen MR) is 130 cm³/mol. The Morgan fingerprint density at radius 3 is 2.31 bits per heavy atom. The first-order chi connectivity index (χ1) is 16.7. The Morgan fingerprint density at radius 1 is 1.03 bits per heavy atom. The van der Waals surface area contributed by atoms with Crippen LogP contribution in [-0.2, 0) is 39.0 Å². The summed E-state index contributed by atoms with van der Waals surface area (Å²) in [6, 6.07) is 9.48. The molecule has 35 heavy (non-hydrogen) atoms. The van der Waals surface area contributed by atoms with Crippen LogP contribution in [0.1, 0.15) is 46.1 Å². The van der Waals surface area contributed by atoms with Gasteiger partial charge in [-0.1, -0.05) is 58.0 Å². The molecule has 0 aromatic heterocycles. The first-order valence-corrected chi connectivity index (χ1v) is 13.5. The standard InChI is InChI=1S/C24H39N2O8P/c1-19(2)15-32-35(29,33-16-20(3)4)34-18-31-24(28)25-13-22-11-8-12-26(22)14-23(27)30-17-21-9-6-5-7-10-21/h5-7,9-10,19-20,22H,8,11-18H2,1-4H3,(H,25,28)/t22-/m0/s1. The lowest BCUT2D eigenvalue weighted by atomic mass is 10.2. The largest absolute Gasteiger partial charge is 0.477 e. The van der Waals surface area contributed by atoms with Crippen LogP contribution in [-0.4, -0.2) is 62.6 Å². The van der Waals surface area contributed by atoms with Gasteiger partial charge in [-0.25, -0.2) is 13.9 Å². The van der Waals surface area contributed by atoms with E-state index in [4.69, 9.17) is 23.0 Å². The molecule has 0 bridgehead atoms. The molecule has 1 amide bonds. The Labute approximate surface area is 208 Å². The van der Waals surface area contributed by atoms with Gasteiger partial charge < -0.3 is 14.8 Å². The number of benzene rings is 1. The van der Waals surface area contributed by atoms with Gasteiger partial charge in [0.1, 0.15) is 6.61 Å². The molecule has 1 atom stereocenters. The average molecular weight is 515 g/mol. The second kappa shape index (κ2) is 15.2. The zero-order chi connectivity index (χ0) is 25.7. The van der Waals surface area contributed by atoms with E-state index in [0.717, 1.165) is 24.9 Å². The molecule has 198 valence electrons. The van der Waals surface area contributed by atoms with Crippen LogP contribution in [0.4, 0.5) is 4.79 Å². The number of nitrogens with zero attached hydrogens (tertiary/aromatic N) is 1. The van der Waals surface area contributed by atoms with Gasteiger partial charge >= 0.3 is 19.9 Å². The Morgan fingerprint density at radius 2 is 1.69 bits per heavy atom. The van der Waals surface area contributed by atoms with Gasteiger partial charge in [0.05, 0.1) is 19.8 Å². The van der Waals surface area contributed by atoms with Crippen LogP contribution < -0.4 is 5.32 Å². The number of carbonyl (C=O) groups is 2. The lowest BCUT2D eigenvalue weighted by molar-refractivity contribution is -0.146. The third-order valence-electron chi connectivity index (χ3n) is 5.09. The molecule has 1 aromatic rings. The minimum Gasteiger partial charge on any atom is -0.460 e. The molecule has 10 nitrogen and oxygen atoms in total. The number of amides is 1. The number of esters is 1. The van der Waals surface area contributed by atoms with Crippen molar-refractivity contribution in [3.63, 3.8) is 0 Å². The summed E-state index contributed by atoms with van der Waals surface area (Å²) in [6.45, 7) is 8.87. The van der Waals surface area contributed by atoms with E-state index < -0.39 is 20.7 Å². The molecule has 0 unspecified atom stereocenters. The summed E-state index contributed by atoms with van der Waals surface area (Å²) < 4.78 is 38.9. The summed E-state index contributed by atoms with van der Waals surface area (Å²) in [6.07, 6.45) is 1.03. The molecule has 0 aliphatic carbocycles. The maximum Gasteiger partial charge on any atom is 0.477 e. The summed E-state index contributed by atoms with van der Waals surface area (Å²) in [5, 5.41) is 2.67. The number of phosphoric acid groups is 1. The first kappa shape index (κ1) is 29.3. The zero-order valence-corrected chi connectivity index (χ0v) is 22.0. The average Bonchev–Trinajstić information content (AvgIpc) is 3.26. The number of carbonyl (C=O) groups excluding carboxylic acids is 2. The highest BCUT2D eigenvalue weighted by Crippen LogP contribution is 2.50. The summed E-state index contributed by atoms with van der Waals surface area (Å²) in [7, 11) is -3.84. The van der Waals surface area contributed by atoms with Crippen molar-refractivity contribution in [2.24, 2.45) is 11.8 Å². The van der Waals surface area contributed by atoms with Crippen LogP contribution in [0.5, 0.6) is 0 Å². The van der Waals surface area contributed by atoms with E-state index in [1.54, 1.807) is 0 Å². The number of hydrogen-bond acceptors (Lipinski definition) is 9. The minimum atomic E-state index is -3.84. The minimum absolute atomic E-state index is 0.0115. The molecular formula is C24H39N2O8P. The molecule has 11 heteroatoms. The highest BCUT2D eigenvalue weighted by Gasteiger charge is 2.29. The third-order valence-corrected chi connectivity index (χ3v) is 6.44. The molecule has 0 radical (unpaired) electrons. The van der Waals surface area contributed by atoms with Crippen molar-refractivity contribution in [2.75, 3.05) is 39.6 Å². The number of alkyl carbamates (subject to hydrolysis) is 1. The third kappa shape index (κ3) is 12.0. The molecule has 1 saturated heterocycles. The van der Waals surface area contributed by atoms with E-state index in [-0.39, 0.29) is 50.2 Å². The molecular weight excluding hydrogens is 475 g/mol. The van der Waals surface area contributed by atoms with Crippen molar-refractivity contribution in [3.8, 4) is 0 Å². The molecule has 1 N–H and O–H groups in total. The summed E-state index contributed by atoms with van der Waals surface area (Å²) in [5.41, 5.74) is 0.930. The van der Waals surface area contributed by atoms with E-state index in [9.17, 15) is 14.2 Å². The maximum absolute atomic E-state index is 12.7. The van der Waals surface area contributed by atoms with Crippen molar-refractivity contribution >= 4 is 19.9 Å². The van der Waals surface area contributed by atoms with Crippen LogP contribution in [0, 0.1) is 11.8 Å². The van der Waals surface area contributed by atoms with Crippen molar-refractivity contribution in [1.82, 2.24) is 10.2 Å². The van der Waals surface area contributed by atoms with Gasteiger partial charge in [-0.2, -0.15) is 0 Å². The SMILES string of the molecule is CC(C)COP(=O)(OCOC(=O)NC[C@@H]1CCCN1CC(=O)OCc1ccccc1)OCC(C)C. The number of likely N-dealkylation sites (tertiary alicyclic amines) is 1. The van der Waals surface area contributed by atoms with Gasteiger partial charge in [-0.15, -0.1) is 0 Å². The first-order valence-electron chi connectivity index (χ1n) is 12.0. The Balaban J connectivity index is 1.70. The number of phosphoric ester groups is 1. The van der Waals surface area contributed by atoms with Gasteiger partial charge in [-0.05, 0) is 36.8 Å². The van der Waals surface area contributed by atoms with Crippen molar-refractivity contribution in [1.29, 1.82) is 0 Å². The topological polar surface area (TPSA) is 113 Å². The zero-order valence-electron chi connectivity index (χ0n) is 21.1. The van der Waals surface area contributed by atoms with E-state index in [2.05, 4.69) is 5.32 Å². The Hall–Kier alpha value is -1.97. The normalized spacial score (nSPS) is 16.6. The predicted octanol–water partition coefficient (Wildman–Crippen LogP) is 4.35. The Kier molecular flexibility index (Phi) is 12.7. The molecule has 0 saturated carbocycles. The lowest BCUT2D eigenvalue weighted by Crippen LogP contribution is -2.42. The molecule has 1 aliphatic heterocycles. The fourth-order valence-electron chi connectivity index (χ4n) is 3.27. The van der Waals surface area contributed by atoms with Gasteiger partial charge in [0.2, 0.25) is 6.79 Å². The maximum atomic E-state index is 12.7. The van der Waals surface area contributed by atoms with E-state index in [0.29, 0.717) is 6.54 Å². The molecule has 1 fully saturated rings. The van der Waals surface area contributed by atoms with Gasteiger partial charge in [0, 0.05) is 12.6 Å². The monoisotopic (exact) mass is 514 g/mol. The van der Waals surface area contributed by atoms with Crippen molar-refractivity contribution in [3.05, 3.63) is 35.9 Å². The number of nitrogens with one attached hydrogen (secondary N) is 1. The summed E-state index contributed by atoms with van der Waals surface area (Å²) in [4.78, 5) is 26.3. The van der Waals surface area contributed by atoms with E-state index >= 15 is 0 Å². The van der Waals surface area contributed by atoms with Crippen LogP contribution in [0.15, 0.2) is 30.3 Å². The second-order valence-corrected chi connectivity index (χ2v) is 11.0. The van der Waals surface area contributed by atoms with Crippen molar-refractivity contribution < 1.29 is 37.2 Å². The smallest absolute Gasteiger partial charge is 0.460 e. The van der Waals surface area contributed by atoms with Crippen LogP contribution in [0.2, 0.25) is 0 Å². The highest BCUT2D eigenvalue weighted by molar-refractivity contribution is 7.48. The molecule has 2 rings (SSSR count). The second-order valence-electron chi connectivity index (χ2n) is 9.30. The summed E-state index contributed by atoms with van der Waals surface area (Å²) >= 11 is 0. The van der Waals surface area contributed by atoms with E-state index in [1.807, 2.05) is 62.9 Å². The lowest BCUT2D eigenvalue weighted by Gasteiger charge is -2.23. The fourth-order valence-corrected chi connectivity index (χ4v) is 4.64. The van der Waals surface area contributed by atoms with Gasteiger partial charge in [-0.3, -0.25) is 18.7 Å². The van der Waals surface area contributed by atoms with Gasteiger partial charge in [0.15, 0.2) is 0 Å². The Bertz CT molecular complexity index is 805. The summed E-state index contributed by atoms with van der Waals surface area (Å²) in [5.74, 6) is -0.0529. The number of ether oxygens (including phenoxy) is 2. The number of rotatable bonds is 15. The molecule has 1 heterocycles. The van der Waals surface area contributed by atoms with E-state index in [1.165, 1.54) is 0 Å². The van der Waals surface area contributed by atoms with Crippen LogP contribution >= 0.6 is 7.82 Å².